The quantitative estimate of drug-likeness (QED) is 0.673. The molecule has 0 heterocycles. The summed E-state index contributed by atoms with van der Waals surface area (Å²) in [7, 11) is 0. The molecule has 0 aromatic heterocycles. The van der Waals surface area contributed by atoms with E-state index in [-0.39, 0.29) is 0 Å². The molecule has 1 aromatic carbocycles. The zero-order chi connectivity index (χ0) is 8.97. The summed E-state index contributed by atoms with van der Waals surface area (Å²) in [6.07, 6.45) is -1.35. The normalized spacial score (nSPS) is 11.8. The van der Waals surface area contributed by atoms with Gasteiger partial charge in [0.1, 0.15) is 5.75 Å². The highest BCUT2D eigenvalue weighted by molar-refractivity contribution is 5.36. The summed E-state index contributed by atoms with van der Waals surface area (Å²) in [6.45, 7) is 1.29. The molecule has 0 radical (unpaired) electrons. The molecule has 0 aliphatic heterocycles. The highest BCUT2D eigenvalue weighted by Crippen LogP contribution is 2.14. The summed E-state index contributed by atoms with van der Waals surface area (Å²) in [5.74, 6) is 0.379. The van der Waals surface area contributed by atoms with Crippen LogP contribution in [0.5, 0.6) is 5.75 Å². The Labute approximate surface area is 70.2 Å². The van der Waals surface area contributed by atoms with Crippen LogP contribution < -0.4 is 4.74 Å². The second-order valence-electron chi connectivity index (χ2n) is 2.30. The van der Waals surface area contributed by atoms with E-state index in [1.54, 1.807) is 18.2 Å². The van der Waals surface area contributed by atoms with Gasteiger partial charge >= 0.3 is 0 Å². The smallest absolute Gasteiger partial charge is 0.235 e. The maximum Gasteiger partial charge on any atom is 0.235 e. The lowest BCUT2D eigenvalue weighted by atomic mass is 10.2. The zero-order valence-corrected chi connectivity index (χ0v) is 6.62. The van der Waals surface area contributed by atoms with Crippen molar-refractivity contribution in [3.63, 3.8) is 0 Å². The highest BCUT2D eigenvalue weighted by atomic mass is 19.1. The minimum absolute atomic E-state index is 0.379. The van der Waals surface area contributed by atoms with Gasteiger partial charge in [-0.1, -0.05) is 6.07 Å². The van der Waals surface area contributed by atoms with Gasteiger partial charge in [0.2, 0.25) is 6.36 Å². The summed E-state index contributed by atoms with van der Waals surface area (Å²) < 4.78 is 17.1. The number of ether oxygens (including phenoxy) is 1. The molecule has 1 aromatic rings. The largest absolute Gasteiger partial charge is 0.461 e. The predicted octanol–water partition coefficient (Wildman–Crippen LogP) is 2.25. The maximum atomic E-state index is 12.3. The minimum Gasteiger partial charge on any atom is -0.461 e. The Morgan fingerprint density at radius 2 is 2.33 bits per heavy atom. The highest BCUT2D eigenvalue weighted by Gasteiger charge is 2.00. The standard InChI is InChI=1S/C9H8FNO/c1-7(10)12-9-4-2-3-8(5-9)6-11/h2-5,7H,1H3. The molecule has 0 aliphatic carbocycles. The van der Waals surface area contributed by atoms with Crippen molar-refractivity contribution >= 4 is 0 Å². The molecular weight excluding hydrogens is 157 g/mol. The molecule has 1 atom stereocenters. The van der Waals surface area contributed by atoms with Crippen molar-refractivity contribution in [1.29, 1.82) is 5.26 Å². The fourth-order valence-electron chi connectivity index (χ4n) is 0.826. The van der Waals surface area contributed by atoms with Crippen molar-refractivity contribution in [3.05, 3.63) is 29.8 Å². The maximum absolute atomic E-state index is 12.3. The van der Waals surface area contributed by atoms with Crippen LogP contribution in [0.3, 0.4) is 0 Å². The Hall–Kier alpha value is -1.56. The van der Waals surface area contributed by atoms with Crippen LogP contribution in [0, 0.1) is 11.3 Å². The van der Waals surface area contributed by atoms with Crippen LogP contribution in [-0.2, 0) is 0 Å². The average molecular weight is 165 g/mol. The van der Waals surface area contributed by atoms with Gasteiger partial charge in [0.25, 0.3) is 0 Å². The van der Waals surface area contributed by atoms with Gasteiger partial charge in [0, 0.05) is 6.92 Å². The molecule has 0 bridgehead atoms. The molecule has 1 unspecified atom stereocenters. The van der Waals surface area contributed by atoms with E-state index in [9.17, 15) is 4.39 Å². The SMILES string of the molecule is CC(F)Oc1cccc(C#N)c1. The number of alkyl halides is 1. The van der Waals surface area contributed by atoms with Crippen molar-refractivity contribution in [2.45, 2.75) is 13.3 Å². The van der Waals surface area contributed by atoms with Crippen LogP contribution in [-0.4, -0.2) is 6.36 Å². The van der Waals surface area contributed by atoms with E-state index < -0.39 is 6.36 Å². The second-order valence-corrected chi connectivity index (χ2v) is 2.30. The lowest BCUT2D eigenvalue weighted by Gasteiger charge is -2.05. The molecule has 0 spiro atoms. The number of nitrogens with zero attached hydrogens (tertiary/aromatic N) is 1. The summed E-state index contributed by atoms with van der Waals surface area (Å²) >= 11 is 0. The first-order valence-corrected chi connectivity index (χ1v) is 3.53. The van der Waals surface area contributed by atoms with Crippen LogP contribution in [0.1, 0.15) is 12.5 Å². The molecule has 0 N–H and O–H groups in total. The van der Waals surface area contributed by atoms with Crippen LogP contribution in [0.15, 0.2) is 24.3 Å². The Kier molecular flexibility index (Phi) is 2.65. The number of benzene rings is 1. The second kappa shape index (κ2) is 3.72. The van der Waals surface area contributed by atoms with Crippen LogP contribution >= 0.6 is 0 Å². The monoisotopic (exact) mass is 165 g/mol. The van der Waals surface area contributed by atoms with Gasteiger partial charge in [-0.15, -0.1) is 0 Å². The Bertz CT molecular complexity index is 304. The summed E-state index contributed by atoms with van der Waals surface area (Å²) in [5, 5.41) is 8.50. The molecule has 62 valence electrons. The van der Waals surface area contributed by atoms with Crippen molar-refractivity contribution in [3.8, 4) is 11.8 Å². The lowest BCUT2D eigenvalue weighted by Crippen LogP contribution is -2.03. The molecule has 1 rings (SSSR count). The van der Waals surface area contributed by atoms with Gasteiger partial charge in [0.15, 0.2) is 0 Å². The Balaban J connectivity index is 2.81. The first kappa shape index (κ1) is 8.54. The van der Waals surface area contributed by atoms with E-state index in [0.29, 0.717) is 11.3 Å². The third-order valence-electron chi connectivity index (χ3n) is 1.26. The molecule has 2 nitrogen and oxygen atoms in total. The summed E-state index contributed by atoms with van der Waals surface area (Å²) in [6, 6.07) is 8.33. The molecule has 0 aliphatic rings. The van der Waals surface area contributed by atoms with Gasteiger partial charge in [-0.3, -0.25) is 0 Å². The van der Waals surface area contributed by atoms with E-state index in [2.05, 4.69) is 0 Å². The number of hydrogen-bond acceptors (Lipinski definition) is 2. The first-order valence-electron chi connectivity index (χ1n) is 3.53. The Morgan fingerprint density at radius 1 is 1.58 bits per heavy atom. The van der Waals surface area contributed by atoms with Gasteiger partial charge in [0.05, 0.1) is 11.6 Å². The van der Waals surface area contributed by atoms with E-state index >= 15 is 0 Å². The molecule has 0 fully saturated rings. The fraction of sp³-hybridized carbons (Fsp3) is 0.222. The molecule has 3 heteroatoms. The minimum atomic E-state index is -1.35. The number of rotatable bonds is 2. The topological polar surface area (TPSA) is 33.0 Å². The zero-order valence-electron chi connectivity index (χ0n) is 6.62. The molecule has 12 heavy (non-hydrogen) atoms. The van der Waals surface area contributed by atoms with E-state index in [0.717, 1.165) is 0 Å². The number of hydrogen-bond donors (Lipinski definition) is 0. The third-order valence-corrected chi connectivity index (χ3v) is 1.26. The van der Waals surface area contributed by atoms with Gasteiger partial charge in [-0.2, -0.15) is 5.26 Å². The molecule has 0 saturated carbocycles. The van der Waals surface area contributed by atoms with Gasteiger partial charge in [-0.25, -0.2) is 4.39 Å². The third kappa shape index (κ3) is 2.24. The first-order chi connectivity index (χ1) is 5.72. The van der Waals surface area contributed by atoms with E-state index in [4.69, 9.17) is 10.00 Å². The van der Waals surface area contributed by atoms with Crippen molar-refractivity contribution in [2.24, 2.45) is 0 Å². The van der Waals surface area contributed by atoms with Crippen molar-refractivity contribution in [1.82, 2.24) is 0 Å². The molecular formula is C9H8FNO. The van der Waals surface area contributed by atoms with Crippen molar-refractivity contribution in [2.75, 3.05) is 0 Å². The Morgan fingerprint density at radius 3 is 2.92 bits per heavy atom. The van der Waals surface area contributed by atoms with E-state index in [1.807, 2.05) is 6.07 Å². The molecule has 0 saturated heterocycles. The average Bonchev–Trinajstić information content (AvgIpc) is 2.03. The van der Waals surface area contributed by atoms with Crippen LogP contribution in [0.4, 0.5) is 4.39 Å². The van der Waals surface area contributed by atoms with Crippen LogP contribution in [0.2, 0.25) is 0 Å². The molecule has 0 amide bonds. The summed E-state index contributed by atoms with van der Waals surface area (Å²) in [4.78, 5) is 0. The van der Waals surface area contributed by atoms with Crippen molar-refractivity contribution < 1.29 is 9.13 Å². The van der Waals surface area contributed by atoms with Crippen LogP contribution in [0.25, 0.3) is 0 Å². The fourth-order valence-corrected chi connectivity index (χ4v) is 0.826. The number of halogens is 1. The number of nitriles is 1. The summed E-state index contributed by atoms with van der Waals surface area (Å²) in [5.41, 5.74) is 0.466. The predicted molar refractivity (Wildman–Crippen MR) is 42.4 cm³/mol. The lowest BCUT2D eigenvalue weighted by molar-refractivity contribution is 0.0860. The van der Waals surface area contributed by atoms with Gasteiger partial charge in [-0.05, 0) is 18.2 Å². The van der Waals surface area contributed by atoms with Gasteiger partial charge < -0.3 is 4.74 Å². The van der Waals surface area contributed by atoms with E-state index in [1.165, 1.54) is 13.0 Å².